The average molecular weight is 425 g/mol. The van der Waals surface area contributed by atoms with Crippen LogP contribution in [0.15, 0.2) is 78.2 Å². The predicted molar refractivity (Wildman–Crippen MR) is 128 cm³/mol. The van der Waals surface area contributed by atoms with Crippen LogP contribution in [0.5, 0.6) is 0 Å². The lowest BCUT2D eigenvalue weighted by Crippen LogP contribution is -2.13. The van der Waals surface area contributed by atoms with Gasteiger partial charge in [-0.1, -0.05) is 60.7 Å². The smallest absolute Gasteiger partial charge is 0.257 e. The van der Waals surface area contributed by atoms with Gasteiger partial charge >= 0.3 is 0 Å². The molecular formula is C27H24N2OS. The van der Waals surface area contributed by atoms with Crippen molar-refractivity contribution < 1.29 is 4.79 Å². The molecule has 0 saturated carbocycles. The van der Waals surface area contributed by atoms with Crippen LogP contribution in [0.25, 0.3) is 11.3 Å². The molecule has 4 aromatic rings. The molecule has 1 aliphatic carbocycles. The van der Waals surface area contributed by atoms with Gasteiger partial charge in [-0.15, -0.1) is 11.3 Å². The lowest BCUT2D eigenvalue weighted by atomic mass is 9.90. The third-order valence-electron chi connectivity index (χ3n) is 5.84. The van der Waals surface area contributed by atoms with Gasteiger partial charge in [-0.2, -0.15) is 0 Å². The van der Waals surface area contributed by atoms with Crippen LogP contribution in [-0.2, 0) is 19.3 Å². The number of aromatic nitrogens is 1. The zero-order valence-corrected chi connectivity index (χ0v) is 18.1. The maximum absolute atomic E-state index is 12.7. The van der Waals surface area contributed by atoms with Crippen molar-refractivity contribution in [2.45, 2.75) is 32.1 Å². The Morgan fingerprint density at radius 1 is 0.871 bits per heavy atom. The first-order chi connectivity index (χ1) is 15.2. The van der Waals surface area contributed by atoms with E-state index in [-0.39, 0.29) is 5.91 Å². The van der Waals surface area contributed by atoms with Crippen LogP contribution < -0.4 is 5.32 Å². The molecule has 1 N–H and O–H groups in total. The van der Waals surface area contributed by atoms with Gasteiger partial charge in [0.1, 0.15) is 0 Å². The molecule has 0 spiro atoms. The summed E-state index contributed by atoms with van der Waals surface area (Å²) in [6.45, 7) is 0. The average Bonchev–Trinajstić information content (AvgIpc) is 3.28. The Kier molecular flexibility index (Phi) is 5.63. The molecule has 0 unspecified atom stereocenters. The molecule has 1 aromatic heterocycles. The first-order valence-corrected chi connectivity index (χ1v) is 11.6. The number of anilines is 1. The molecule has 3 nitrogen and oxygen atoms in total. The van der Waals surface area contributed by atoms with Crippen LogP contribution in [0, 0.1) is 0 Å². The monoisotopic (exact) mass is 424 g/mol. The normalized spacial score (nSPS) is 12.9. The minimum atomic E-state index is -0.0903. The minimum Gasteiger partial charge on any atom is -0.298 e. The molecule has 154 valence electrons. The number of hydrogen-bond donors (Lipinski definition) is 1. The number of benzene rings is 3. The lowest BCUT2D eigenvalue weighted by molar-refractivity contribution is 0.102. The van der Waals surface area contributed by atoms with Crippen LogP contribution in [0.4, 0.5) is 5.13 Å². The fourth-order valence-electron chi connectivity index (χ4n) is 4.13. The number of carbonyl (C=O) groups is 1. The van der Waals surface area contributed by atoms with E-state index < -0.39 is 0 Å². The Morgan fingerprint density at radius 3 is 2.42 bits per heavy atom. The van der Waals surface area contributed by atoms with E-state index in [0.29, 0.717) is 10.7 Å². The molecule has 5 rings (SSSR count). The number of amides is 1. The van der Waals surface area contributed by atoms with Gasteiger partial charge in [-0.3, -0.25) is 10.1 Å². The van der Waals surface area contributed by atoms with Gasteiger partial charge in [-0.05, 0) is 66.5 Å². The predicted octanol–water partition coefficient (Wildman–Crippen LogP) is 6.53. The first-order valence-electron chi connectivity index (χ1n) is 10.8. The summed E-state index contributed by atoms with van der Waals surface area (Å²) in [7, 11) is 0. The molecule has 0 bridgehead atoms. The van der Waals surface area contributed by atoms with Crippen molar-refractivity contribution in [2.24, 2.45) is 0 Å². The summed E-state index contributed by atoms with van der Waals surface area (Å²) >= 11 is 1.46. The molecule has 1 amide bonds. The number of nitrogens with zero attached hydrogens (tertiary/aromatic N) is 1. The van der Waals surface area contributed by atoms with Crippen LogP contribution in [-0.4, -0.2) is 10.9 Å². The molecule has 0 aliphatic heterocycles. The second-order valence-corrected chi connectivity index (χ2v) is 8.90. The third-order valence-corrected chi connectivity index (χ3v) is 6.59. The van der Waals surface area contributed by atoms with E-state index >= 15 is 0 Å². The molecule has 1 aliphatic rings. The van der Waals surface area contributed by atoms with Crippen molar-refractivity contribution in [1.82, 2.24) is 4.98 Å². The van der Waals surface area contributed by atoms with Gasteiger partial charge in [0.2, 0.25) is 0 Å². The lowest BCUT2D eigenvalue weighted by Gasteiger charge is -2.16. The maximum atomic E-state index is 12.7. The summed E-state index contributed by atoms with van der Waals surface area (Å²) in [6.07, 6.45) is 5.56. The van der Waals surface area contributed by atoms with Gasteiger partial charge in [-0.25, -0.2) is 4.98 Å². The van der Waals surface area contributed by atoms with E-state index in [4.69, 9.17) is 0 Å². The van der Waals surface area contributed by atoms with Crippen LogP contribution >= 0.6 is 11.3 Å². The van der Waals surface area contributed by atoms with E-state index in [1.165, 1.54) is 46.4 Å². The Morgan fingerprint density at radius 2 is 1.61 bits per heavy atom. The number of carbonyl (C=O) groups excluding carboxylic acids is 1. The standard InChI is InChI=1S/C27H24N2OS/c30-26(24-15-14-21-8-4-5-9-23(21)17-24)29-27-28-25(18-31-27)22-12-10-20(11-13-22)16-19-6-2-1-3-7-19/h1-3,6-7,10-15,17-18H,4-5,8-9,16H2,(H,28,29,30). The number of aryl methyl sites for hydroxylation is 2. The Hall–Kier alpha value is -3.24. The molecule has 31 heavy (non-hydrogen) atoms. The number of nitrogens with one attached hydrogen (secondary N) is 1. The fourth-order valence-corrected chi connectivity index (χ4v) is 4.85. The Balaban J connectivity index is 1.26. The minimum absolute atomic E-state index is 0.0903. The quantitative estimate of drug-likeness (QED) is 0.396. The highest BCUT2D eigenvalue weighted by molar-refractivity contribution is 7.14. The van der Waals surface area contributed by atoms with Gasteiger partial charge in [0.05, 0.1) is 5.69 Å². The summed E-state index contributed by atoms with van der Waals surface area (Å²) in [5.41, 5.74) is 7.92. The summed E-state index contributed by atoms with van der Waals surface area (Å²) in [6, 6.07) is 25.0. The van der Waals surface area contributed by atoms with Gasteiger partial charge in [0.25, 0.3) is 5.91 Å². The topological polar surface area (TPSA) is 42.0 Å². The third kappa shape index (κ3) is 4.59. The largest absolute Gasteiger partial charge is 0.298 e. The van der Waals surface area contributed by atoms with E-state index in [9.17, 15) is 4.79 Å². The molecule has 0 atom stereocenters. The summed E-state index contributed by atoms with van der Waals surface area (Å²) in [5, 5.41) is 5.59. The van der Waals surface area contributed by atoms with E-state index in [1.54, 1.807) is 0 Å². The number of hydrogen-bond acceptors (Lipinski definition) is 3. The highest BCUT2D eigenvalue weighted by Gasteiger charge is 2.14. The van der Waals surface area contributed by atoms with E-state index in [1.807, 2.05) is 23.6 Å². The molecule has 0 radical (unpaired) electrons. The molecule has 4 heteroatoms. The first kappa shape index (κ1) is 19.7. The molecule has 0 fully saturated rings. The molecule has 3 aromatic carbocycles. The number of fused-ring (bicyclic) bond motifs is 1. The molecule has 0 saturated heterocycles. The van der Waals surface area contributed by atoms with Crippen molar-refractivity contribution in [1.29, 1.82) is 0 Å². The second kappa shape index (κ2) is 8.86. The van der Waals surface area contributed by atoms with E-state index in [2.05, 4.69) is 64.9 Å². The number of rotatable bonds is 5. The van der Waals surface area contributed by atoms with E-state index in [0.717, 1.165) is 30.5 Å². The van der Waals surface area contributed by atoms with Crippen LogP contribution in [0.1, 0.15) is 45.5 Å². The highest BCUT2D eigenvalue weighted by atomic mass is 32.1. The van der Waals surface area contributed by atoms with Gasteiger partial charge in [0, 0.05) is 16.5 Å². The van der Waals surface area contributed by atoms with Crippen molar-refractivity contribution in [2.75, 3.05) is 5.32 Å². The molecule has 1 heterocycles. The second-order valence-electron chi connectivity index (χ2n) is 8.04. The van der Waals surface area contributed by atoms with Crippen LogP contribution in [0.3, 0.4) is 0 Å². The highest BCUT2D eigenvalue weighted by Crippen LogP contribution is 2.27. The Labute approximate surface area is 186 Å². The Bertz CT molecular complexity index is 1200. The fraction of sp³-hybridized carbons (Fsp3) is 0.185. The van der Waals surface area contributed by atoms with Crippen molar-refractivity contribution >= 4 is 22.4 Å². The van der Waals surface area contributed by atoms with Crippen molar-refractivity contribution in [3.05, 3.63) is 106 Å². The molecular weight excluding hydrogens is 400 g/mol. The van der Waals surface area contributed by atoms with Crippen LogP contribution in [0.2, 0.25) is 0 Å². The summed E-state index contributed by atoms with van der Waals surface area (Å²) in [4.78, 5) is 17.4. The zero-order valence-electron chi connectivity index (χ0n) is 17.3. The number of thiazole rings is 1. The van der Waals surface area contributed by atoms with Crippen molar-refractivity contribution in [3.63, 3.8) is 0 Å². The van der Waals surface area contributed by atoms with Gasteiger partial charge < -0.3 is 0 Å². The van der Waals surface area contributed by atoms with Gasteiger partial charge in [0.15, 0.2) is 5.13 Å². The van der Waals surface area contributed by atoms with Crippen molar-refractivity contribution in [3.8, 4) is 11.3 Å². The zero-order chi connectivity index (χ0) is 21.0. The summed E-state index contributed by atoms with van der Waals surface area (Å²) in [5.74, 6) is -0.0903. The summed E-state index contributed by atoms with van der Waals surface area (Å²) < 4.78 is 0. The maximum Gasteiger partial charge on any atom is 0.257 e. The SMILES string of the molecule is O=C(Nc1nc(-c2ccc(Cc3ccccc3)cc2)cs1)c1ccc2c(c1)CCCC2.